The van der Waals surface area contributed by atoms with E-state index in [9.17, 15) is 10.2 Å². The Morgan fingerprint density at radius 2 is 1.90 bits per heavy atom. The van der Waals surface area contributed by atoms with Gasteiger partial charge < -0.3 is 19.8 Å². The zero-order chi connectivity index (χ0) is 22.4. The molecule has 0 atom stereocenters. The van der Waals surface area contributed by atoms with Crippen LogP contribution in [0, 0.1) is 0 Å². The monoisotopic (exact) mass is 446 g/mol. The molecule has 31 heavy (non-hydrogen) atoms. The average molecular weight is 447 g/mol. The highest BCUT2D eigenvalue weighted by Crippen LogP contribution is 2.34. The maximum Gasteiger partial charge on any atom is 0.140 e. The smallest absolute Gasteiger partial charge is 0.140 e. The van der Waals surface area contributed by atoms with Crippen molar-refractivity contribution in [3.05, 3.63) is 42.1 Å². The van der Waals surface area contributed by atoms with Crippen molar-refractivity contribution < 1.29 is 14.9 Å². The number of anilines is 1. The number of aliphatic hydroxyl groups excluding tert-OH is 2. The first-order valence-corrected chi connectivity index (χ1v) is 13.5. The van der Waals surface area contributed by atoms with Crippen molar-refractivity contribution in [3.63, 3.8) is 0 Å². The number of nitrogens with zero attached hydrogens (tertiary/aromatic N) is 4. The lowest BCUT2D eigenvalue weighted by Gasteiger charge is -2.24. The first-order chi connectivity index (χ1) is 14.8. The Labute approximate surface area is 186 Å². The normalized spacial score (nSPS) is 12.5. The van der Waals surface area contributed by atoms with E-state index >= 15 is 0 Å². The zero-order valence-corrected chi connectivity index (χ0v) is 19.7. The molecule has 3 rings (SSSR count). The van der Waals surface area contributed by atoms with Gasteiger partial charge in [0, 0.05) is 43.1 Å². The third kappa shape index (κ3) is 6.20. The van der Waals surface area contributed by atoms with Crippen molar-refractivity contribution in [2.45, 2.75) is 13.2 Å². The van der Waals surface area contributed by atoms with Crippen molar-refractivity contribution in [1.29, 1.82) is 0 Å². The number of pyridine rings is 1. The standard InChI is InChI=1S/C23H34N4O3S/c1-26(10-12-29)22-16-19(7-9-24-22)23-20-15-18(8-11-28)5-6-21(20)27(25-23)17-30-13-14-31(2,3)4/h5-7,9,15-16,28-29H,8,10-14,17H2,1-4H3. The Morgan fingerprint density at radius 3 is 2.61 bits per heavy atom. The fraction of sp³-hybridized carbons (Fsp3) is 0.478. The van der Waals surface area contributed by atoms with Crippen LogP contribution in [0.4, 0.5) is 5.82 Å². The number of rotatable bonds is 11. The molecule has 2 aromatic heterocycles. The van der Waals surface area contributed by atoms with E-state index in [0.29, 0.717) is 26.3 Å². The highest BCUT2D eigenvalue weighted by atomic mass is 32.3. The van der Waals surface area contributed by atoms with Gasteiger partial charge in [-0.2, -0.15) is 5.10 Å². The van der Waals surface area contributed by atoms with Gasteiger partial charge in [-0.1, -0.05) is 6.07 Å². The van der Waals surface area contributed by atoms with Crippen LogP contribution in [0.5, 0.6) is 0 Å². The highest BCUT2D eigenvalue weighted by molar-refractivity contribution is 8.32. The fourth-order valence-electron chi connectivity index (χ4n) is 3.32. The quantitative estimate of drug-likeness (QED) is 0.441. The molecular weight excluding hydrogens is 412 g/mol. The molecule has 7 nitrogen and oxygen atoms in total. The summed E-state index contributed by atoms with van der Waals surface area (Å²) in [5.74, 6) is 1.84. The second kappa shape index (κ2) is 10.5. The van der Waals surface area contributed by atoms with E-state index < -0.39 is 10.0 Å². The Balaban J connectivity index is 1.96. The average Bonchev–Trinajstić information content (AvgIpc) is 3.09. The molecule has 1 aromatic carbocycles. The molecule has 0 saturated carbocycles. The summed E-state index contributed by atoms with van der Waals surface area (Å²) >= 11 is 0. The van der Waals surface area contributed by atoms with Gasteiger partial charge in [-0.15, -0.1) is 0 Å². The Morgan fingerprint density at radius 1 is 1.10 bits per heavy atom. The van der Waals surface area contributed by atoms with Crippen LogP contribution in [0.15, 0.2) is 36.5 Å². The minimum absolute atomic E-state index is 0.0676. The highest BCUT2D eigenvalue weighted by Gasteiger charge is 2.15. The fourth-order valence-corrected chi connectivity index (χ4v) is 3.94. The Kier molecular flexibility index (Phi) is 7.94. The molecule has 2 N–H and O–H groups in total. The van der Waals surface area contributed by atoms with Crippen molar-refractivity contribution >= 4 is 26.7 Å². The van der Waals surface area contributed by atoms with E-state index in [1.54, 1.807) is 6.20 Å². The maximum absolute atomic E-state index is 9.37. The summed E-state index contributed by atoms with van der Waals surface area (Å²) in [5.41, 5.74) is 3.89. The molecular formula is C23H34N4O3S. The van der Waals surface area contributed by atoms with Gasteiger partial charge in [0.2, 0.25) is 0 Å². The lowest BCUT2D eigenvalue weighted by molar-refractivity contribution is 0.0842. The second-order valence-corrected chi connectivity index (χ2v) is 13.1. The van der Waals surface area contributed by atoms with E-state index in [0.717, 1.165) is 39.3 Å². The van der Waals surface area contributed by atoms with Crippen molar-refractivity contribution in [2.24, 2.45) is 0 Å². The third-order valence-corrected chi connectivity index (χ3v) is 6.51. The predicted octanol–water partition coefficient (Wildman–Crippen LogP) is 2.73. The molecule has 8 heteroatoms. The molecule has 2 heterocycles. The molecule has 0 saturated heterocycles. The molecule has 0 aliphatic rings. The van der Waals surface area contributed by atoms with Gasteiger partial charge in [0.15, 0.2) is 0 Å². The summed E-state index contributed by atoms with van der Waals surface area (Å²) in [6, 6.07) is 10.1. The first kappa shape index (κ1) is 23.5. The van der Waals surface area contributed by atoms with Gasteiger partial charge in [0.25, 0.3) is 0 Å². The van der Waals surface area contributed by atoms with Gasteiger partial charge in [0.05, 0.1) is 18.7 Å². The number of hydrogen-bond acceptors (Lipinski definition) is 6. The van der Waals surface area contributed by atoms with Crippen LogP contribution in [0.25, 0.3) is 22.2 Å². The SMILES string of the molecule is CN(CCO)c1cc(-c2nn(COCCS(C)(C)C)c3ccc(CCO)cc23)ccn1. The van der Waals surface area contributed by atoms with Gasteiger partial charge in [-0.3, -0.25) is 0 Å². The maximum atomic E-state index is 9.37. The molecule has 0 spiro atoms. The summed E-state index contributed by atoms with van der Waals surface area (Å²) in [6.07, 6.45) is 9.23. The van der Waals surface area contributed by atoms with Crippen molar-refractivity contribution in [3.8, 4) is 11.3 Å². The van der Waals surface area contributed by atoms with Crippen molar-refractivity contribution in [2.75, 3.05) is 62.8 Å². The summed E-state index contributed by atoms with van der Waals surface area (Å²) < 4.78 is 7.86. The topological polar surface area (TPSA) is 83.6 Å². The molecule has 0 unspecified atom stereocenters. The zero-order valence-electron chi connectivity index (χ0n) is 18.9. The molecule has 0 aliphatic carbocycles. The second-order valence-electron chi connectivity index (χ2n) is 8.55. The predicted molar refractivity (Wildman–Crippen MR) is 130 cm³/mol. The molecule has 0 fully saturated rings. The lowest BCUT2D eigenvalue weighted by Crippen LogP contribution is -2.22. The molecule has 170 valence electrons. The van der Waals surface area contributed by atoms with Gasteiger partial charge in [-0.25, -0.2) is 19.7 Å². The number of aliphatic hydroxyl groups is 2. The van der Waals surface area contributed by atoms with Crippen LogP contribution in [-0.4, -0.2) is 82.9 Å². The van der Waals surface area contributed by atoms with Crippen LogP contribution in [0.2, 0.25) is 0 Å². The number of hydrogen-bond donors (Lipinski definition) is 2. The van der Waals surface area contributed by atoms with E-state index in [1.165, 1.54) is 0 Å². The van der Waals surface area contributed by atoms with Crippen LogP contribution in [0.1, 0.15) is 5.56 Å². The summed E-state index contributed by atoms with van der Waals surface area (Å²) in [4.78, 5) is 6.34. The molecule has 0 aliphatic heterocycles. The van der Waals surface area contributed by atoms with E-state index in [4.69, 9.17) is 9.84 Å². The van der Waals surface area contributed by atoms with Gasteiger partial charge >= 0.3 is 0 Å². The van der Waals surface area contributed by atoms with Crippen LogP contribution in [-0.2, 0) is 17.9 Å². The molecule has 0 bridgehead atoms. The van der Waals surface area contributed by atoms with Gasteiger partial charge in [0.1, 0.15) is 18.2 Å². The number of benzene rings is 1. The lowest BCUT2D eigenvalue weighted by atomic mass is 10.0. The third-order valence-electron chi connectivity index (χ3n) is 5.11. The van der Waals surface area contributed by atoms with Crippen LogP contribution >= 0.6 is 10.0 Å². The number of likely N-dealkylation sites (N-methyl/N-ethyl adjacent to an activating group) is 1. The summed E-state index contributed by atoms with van der Waals surface area (Å²) in [6.45, 7) is 1.80. The van der Waals surface area contributed by atoms with E-state index in [1.807, 2.05) is 34.8 Å². The largest absolute Gasteiger partial charge is 0.396 e. The first-order valence-electron chi connectivity index (χ1n) is 10.4. The van der Waals surface area contributed by atoms with Crippen LogP contribution in [0.3, 0.4) is 0 Å². The number of fused-ring (bicyclic) bond motifs is 1. The van der Waals surface area contributed by atoms with Crippen molar-refractivity contribution in [1.82, 2.24) is 14.8 Å². The molecule has 3 aromatic rings. The number of aromatic nitrogens is 3. The van der Waals surface area contributed by atoms with Crippen LogP contribution < -0.4 is 4.90 Å². The summed E-state index contributed by atoms with van der Waals surface area (Å²) in [5, 5.41) is 24.5. The minimum Gasteiger partial charge on any atom is -0.396 e. The number of ether oxygens (including phenoxy) is 1. The van der Waals surface area contributed by atoms with E-state index in [-0.39, 0.29) is 13.2 Å². The van der Waals surface area contributed by atoms with E-state index in [2.05, 4.69) is 35.9 Å². The Hall–Kier alpha value is -2.13. The Bertz CT molecular complexity index is 1000. The minimum atomic E-state index is -0.596. The molecule has 0 amide bonds. The summed E-state index contributed by atoms with van der Waals surface area (Å²) in [7, 11) is 1.31. The van der Waals surface area contributed by atoms with Gasteiger partial charge in [-0.05, 0) is 55.0 Å². The molecule has 0 radical (unpaired) electrons.